The predicted molar refractivity (Wildman–Crippen MR) is 123 cm³/mol. The summed E-state index contributed by atoms with van der Waals surface area (Å²) < 4.78 is 4.02. The molecule has 0 spiro atoms. The van der Waals surface area contributed by atoms with Gasteiger partial charge in [0.2, 0.25) is 0 Å². The Kier molecular flexibility index (Phi) is 4.75. The number of hydrogen-bond donors (Lipinski definition) is 0. The zero-order chi connectivity index (χ0) is 21.5. The summed E-state index contributed by atoms with van der Waals surface area (Å²) in [5.74, 6) is 1.39. The number of fused-ring (bicyclic) bond motifs is 1. The molecule has 32 heavy (non-hydrogen) atoms. The molecule has 4 aromatic rings. The fourth-order valence-corrected chi connectivity index (χ4v) is 4.99. The predicted octanol–water partition coefficient (Wildman–Crippen LogP) is 5.47. The smallest absolute Gasteiger partial charge is 0.0958 e. The van der Waals surface area contributed by atoms with Gasteiger partial charge in [-0.15, -0.1) is 0 Å². The molecule has 0 N–H and O–H groups in total. The summed E-state index contributed by atoms with van der Waals surface area (Å²) in [6, 6.07) is 11.1. The Hall–Kier alpha value is -3.46. The average Bonchev–Trinajstić information content (AvgIpc) is 3.35. The summed E-state index contributed by atoms with van der Waals surface area (Å²) in [6.07, 6.45) is 16.4. The van der Waals surface area contributed by atoms with E-state index >= 15 is 0 Å². The minimum atomic E-state index is 0.191. The van der Waals surface area contributed by atoms with E-state index in [2.05, 4.69) is 51.4 Å². The molecule has 0 radical (unpaired) electrons. The molecule has 2 saturated carbocycles. The van der Waals surface area contributed by atoms with Gasteiger partial charge < -0.3 is 0 Å². The maximum atomic E-state index is 9.24. The number of nitriles is 1. The molecule has 0 bridgehead atoms. The van der Waals surface area contributed by atoms with Crippen molar-refractivity contribution in [2.45, 2.75) is 51.0 Å². The zero-order valence-corrected chi connectivity index (χ0v) is 18.1. The summed E-state index contributed by atoms with van der Waals surface area (Å²) >= 11 is 0. The Morgan fingerprint density at radius 2 is 1.69 bits per heavy atom. The lowest BCUT2D eigenvalue weighted by molar-refractivity contribution is 0.378. The van der Waals surface area contributed by atoms with Gasteiger partial charge >= 0.3 is 0 Å². The van der Waals surface area contributed by atoms with Crippen LogP contribution in [0.15, 0.2) is 55.2 Å². The number of benzene rings is 1. The second-order valence-corrected chi connectivity index (χ2v) is 9.31. The third-order valence-electron chi connectivity index (χ3n) is 7.06. The summed E-state index contributed by atoms with van der Waals surface area (Å²) in [6.45, 7) is 1.03. The first-order chi connectivity index (χ1) is 15.8. The van der Waals surface area contributed by atoms with Gasteiger partial charge in [0.15, 0.2) is 0 Å². The van der Waals surface area contributed by atoms with E-state index in [-0.39, 0.29) is 5.92 Å². The standard InChI is InChI=1S/C26H26N6/c27-13-18-3-5-22(6-4-18)25-26-24(15-30-32(26)12-11-28-25)21-9-7-20(8-10-21)23-14-29-31(17-23)16-19-1-2-19/h7-12,14-15,17-19,22H,1-6,16H2/t18-,22+. The molecule has 3 heterocycles. The quantitative estimate of drug-likeness (QED) is 0.428. The molecule has 160 valence electrons. The second kappa shape index (κ2) is 7.90. The van der Waals surface area contributed by atoms with Crippen LogP contribution in [0.1, 0.15) is 50.1 Å². The highest BCUT2D eigenvalue weighted by atomic mass is 15.3. The van der Waals surface area contributed by atoms with E-state index < -0.39 is 0 Å². The fourth-order valence-electron chi connectivity index (χ4n) is 4.99. The molecule has 2 aliphatic carbocycles. The third kappa shape index (κ3) is 3.58. The van der Waals surface area contributed by atoms with Crippen LogP contribution in [-0.4, -0.2) is 24.4 Å². The van der Waals surface area contributed by atoms with Gasteiger partial charge in [0.1, 0.15) is 0 Å². The SMILES string of the molecule is N#C[C@H]1CC[C@@H](c2nccn3ncc(-c4ccc(-c5cnn(CC6CC6)c5)cc4)c23)CC1. The number of rotatable bonds is 5. The van der Waals surface area contributed by atoms with E-state index in [0.717, 1.165) is 66.0 Å². The third-order valence-corrected chi connectivity index (χ3v) is 7.06. The van der Waals surface area contributed by atoms with Crippen LogP contribution in [0.3, 0.4) is 0 Å². The minimum absolute atomic E-state index is 0.191. The monoisotopic (exact) mass is 422 g/mol. The van der Waals surface area contributed by atoms with E-state index in [9.17, 15) is 5.26 Å². The molecule has 6 nitrogen and oxygen atoms in total. The van der Waals surface area contributed by atoms with Crippen molar-refractivity contribution in [1.29, 1.82) is 5.26 Å². The Morgan fingerprint density at radius 1 is 0.906 bits per heavy atom. The van der Waals surface area contributed by atoms with Crippen LogP contribution in [-0.2, 0) is 6.54 Å². The van der Waals surface area contributed by atoms with Crippen molar-refractivity contribution in [3.8, 4) is 28.3 Å². The lowest BCUT2D eigenvalue weighted by Crippen LogP contribution is -2.14. The van der Waals surface area contributed by atoms with E-state index in [1.807, 2.05) is 29.3 Å². The van der Waals surface area contributed by atoms with Crippen LogP contribution in [0, 0.1) is 23.2 Å². The lowest BCUT2D eigenvalue weighted by atomic mass is 9.80. The van der Waals surface area contributed by atoms with Gasteiger partial charge in [0.05, 0.1) is 29.7 Å². The fraction of sp³-hybridized carbons (Fsp3) is 0.385. The molecule has 2 aliphatic rings. The molecule has 3 aromatic heterocycles. The molecular weight excluding hydrogens is 396 g/mol. The largest absolute Gasteiger partial charge is 0.272 e. The second-order valence-electron chi connectivity index (χ2n) is 9.31. The first-order valence-electron chi connectivity index (χ1n) is 11.6. The highest BCUT2D eigenvalue weighted by molar-refractivity contribution is 5.83. The van der Waals surface area contributed by atoms with Crippen molar-refractivity contribution in [3.63, 3.8) is 0 Å². The van der Waals surface area contributed by atoms with Crippen molar-refractivity contribution in [1.82, 2.24) is 24.4 Å². The molecule has 6 heteroatoms. The molecule has 1 aromatic carbocycles. The molecule has 0 saturated heterocycles. The molecule has 6 rings (SSSR count). The molecule has 2 fully saturated rings. The van der Waals surface area contributed by atoms with Gasteiger partial charge in [-0.1, -0.05) is 24.3 Å². The average molecular weight is 423 g/mol. The van der Waals surface area contributed by atoms with Crippen molar-refractivity contribution in [2.75, 3.05) is 0 Å². The van der Waals surface area contributed by atoms with E-state index in [0.29, 0.717) is 5.92 Å². The van der Waals surface area contributed by atoms with Gasteiger partial charge in [-0.3, -0.25) is 9.67 Å². The Labute approximate surface area is 187 Å². The summed E-state index contributed by atoms with van der Waals surface area (Å²) in [5.41, 5.74) is 6.81. The first kappa shape index (κ1) is 19.2. The number of hydrogen-bond acceptors (Lipinski definition) is 4. The highest BCUT2D eigenvalue weighted by Crippen LogP contribution is 2.39. The van der Waals surface area contributed by atoms with E-state index in [4.69, 9.17) is 4.98 Å². The zero-order valence-electron chi connectivity index (χ0n) is 18.1. The van der Waals surface area contributed by atoms with Gasteiger partial charge in [-0.25, -0.2) is 4.52 Å². The lowest BCUT2D eigenvalue weighted by Gasteiger charge is -2.24. The number of nitrogens with zero attached hydrogens (tertiary/aromatic N) is 6. The van der Waals surface area contributed by atoms with Crippen molar-refractivity contribution < 1.29 is 0 Å². The van der Waals surface area contributed by atoms with Gasteiger partial charge in [0, 0.05) is 48.1 Å². The summed E-state index contributed by atoms with van der Waals surface area (Å²) in [4.78, 5) is 4.78. The highest BCUT2D eigenvalue weighted by Gasteiger charge is 2.26. The van der Waals surface area contributed by atoms with E-state index in [1.165, 1.54) is 18.4 Å². The van der Waals surface area contributed by atoms with Crippen molar-refractivity contribution in [3.05, 3.63) is 60.9 Å². The van der Waals surface area contributed by atoms with Crippen molar-refractivity contribution >= 4 is 5.52 Å². The molecule has 0 unspecified atom stereocenters. The maximum absolute atomic E-state index is 9.24. The number of aromatic nitrogens is 5. The van der Waals surface area contributed by atoms with Crippen LogP contribution >= 0.6 is 0 Å². The Morgan fingerprint density at radius 3 is 2.44 bits per heavy atom. The van der Waals surface area contributed by atoms with Crippen LogP contribution in [0.25, 0.3) is 27.8 Å². The van der Waals surface area contributed by atoms with Crippen LogP contribution in [0.2, 0.25) is 0 Å². The maximum Gasteiger partial charge on any atom is 0.0958 e. The normalized spacial score (nSPS) is 21.0. The Balaban J connectivity index is 1.30. The van der Waals surface area contributed by atoms with Gasteiger partial charge in [0.25, 0.3) is 0 Å². The van der Waals surface area contributed by atoms with Gasteiger partial charge in [-0.05, 0) is 55.6 Å². The molecular formula is C26H26N6. The van der Waals surface area contributed by atoms with Crippen LogP contribution in [0.5, 0.6) is 0 Å². The topological polar surface area (TPSA) is 71.8 Å². The summed E-state index contributed by atoms with van der Waals surface area (Å²) in [5, 5.41) is 18.4. The van der Waals surface area contributed by atoms with Crippen molar-refractivity contribution in [2.24, 2.45) is 11.8 Å². The summed E-state index contributed by atoms with van der Waals surface area (Å²) in [7, 11) is 0. The molecule has 0 atom stereocenters. The van der Waals surface area contributed by atoms with Gasteiger partial charge in [-0.2, -0.15) is 15.5 Å². The molecule has 0 amide bonds. The van der Waals surface area contributed by atoms with Crippen LogP contribution in [0.4, 0.5) is 0 Å². The van der Waals surface area contributed by atoms with E-state index in [1.54, 1.807) is 0 Å². The minimum Gasteiger partial charge on any atom is -0.272 e. The molecule has 0 aliphatic heterocycles. The first-order valence-corrected chi connectivity index (χ1v) is 11.6. The Bertz CT molecular complexity index is 1280. The van der Waals surface area contributed by atoms with Crippen LogP contribution < -0.4 is 0 Å².